The van der Waals surface area contributed by atoms with Crippen molar-refractivity contribution < 1.29 is 19.4 Å². The van der Waals surface area contributed by atoms with Crippen LogP contribution in [0.3, 0.4) is 0 Å². The lowest BCUT2D eigenvalue weighted by atomic mass is 9.81. The molecule has 1 amide bonds. The maximum atomic E-state index is 13.0. The summed E-state index contributed by atoms with van der Waals surface area (Å²) >= 11 is 38.2. The third-order valence-corrected chi connectivity index (χ3v) is 9.18. The Morgan fingerprint density at radius 2 is 1.54 bits per heavy atom. The molecule has 28 heavy (non-hydrogen) atoms. The van der Waals surface area contributed by atoms with Crippen LogP contribution in [-0.4, -0.2) is 37.7 Å². The molecule has 2 N–H and O–H groups in total. The van der Waals surface area contributed by atoms with Crippen molar-refractivity contribution in [3.05, 3.63) is 34.3 Å². The first-order chi connectivity index (χ1) is 12.9. The third-order valence-electron chi connectivity index (χ3n) is 4.92. The van der Waals surface area contributed by atoms with Gasteiger partial charge in [-0.15, -0.1) is 23.2 Å². The molecule has 0 unspecified atom stereocenters. The Bertz CT molecular complexity index is 873. The van der Waals surface area contributed by atoms with Crippen molar-refractivity contribution in [2.75, 3.05) is 11.9 Å². The molecule has 2 bridgehead atoms. The zero-order valence-electron chi connectivity index (χ0n) is 14.1. The maximum Gasteiger partial charge on any atom is 0.309 e. The van der Waals surface area contributed by atoms with Crippen molar-refractivity contribution in [3.63, 3.8) is 0 Å². The second-order valence-corrected chi connectivity index (χ2v) is 9.64. The van der Waals surface area contributed by atoms with Gasteiger partial charge >= 0.3 is 5.97 Å². The molecule has 0 aromatic heterocycles. The summed E-state index contributed by atoms with van der Waals surface area (Å²) in [5.74, 6) is -4.69. The van der Waals surface area contributed by atoms with Gasteiger partial charge in [0.05, 0.1) is 28.5 Å². The van der Waals surface area contributed by atoms with Crippen molar-refractivity contribution >= 4 is 87.2 Å². The number of amides is 1. The van der Waals surface area contributed by atoms with E-state index in [-0.39, 0.29) is 10.1 Å². The second-order valence-electron chi connectivity index (χ2n) is 6.37. The number of rotatable bonds is 5. The predicted molar refractivity (Wildman–Crippen MR) is 111 cm³/mol. The van der Waals surface area contributed by atoms with E-state index < -0.39 is 37.8 Å². The SMILES string of the molecule is CCOc1ccc(NC(=O)[C@@H]2[C@@H](C(=O)O)[C@]3(Cl)C(Cl)=C(Cl)[C@]2(Cl)C3(Cl)Cl)cc1. The minimum absolute atomic E-state index is 0.250. The van der Waals surface area contributed by atoms with Crippen LogP contribution in [0, 0.1) is 11.8 Å². The Balaban J connectivity index is 2.00. The number of hydrogen-bond donors (Lipinski definition) is 2. The van der Waals surface area contributed by atoms with Crippen LogP contribution in [0.2, 0.25) is 0 Å². The molecule has 0 aliphatic heterocycles. The largest absolute Gasteiger partial charge is 0.494 e. The van der Waals surface area contributed by atoms with E-state index >= 15 is 0 Å². The third kappa shape index (κ3) is 2.74. The number of carboxylic acids is 1. The second kappa shape index (κ2) is 7.29. The van der Waals surface area contributed by atoms with Gasteiger partial charge in [0.15, 0.2) is 4.33 Å². The fourth-order valence-electron chi connectivity index (χ4n) is 3.65. The van der Waals surface area contributed by atoms with Gasteiger partial charge in [0.2, 0.25) is 5.91 Å². The van der Waals surface area contributed by atoms with Crippen LogP contribution in [0.1, 0.15) is 6.92 Å². The van der Waals surface area contributed by atoms with Crippen LogP contribution in [0.15, 0.2) is 34.3 Å². The number of fused-ring (bicyclic) bond motifs is 2. The molecule has 5 nitrogen and oxygen atoms in total. The van der Waals surface area contributed by atoms with E-state index in [1.807, 2.05) is 6.92 Å². The lowest BCUT2D eigenvalue weighted by molar-refractivity contribution is -0.146. The first-order valence-corrected chi connectivity index (χ1v) is 10.3. The highest BCUT2D eigenvalue weighted by atomic mass is 35.5. The first-order valence-electron chi connectivity index (χ1n) is 8.03. The number of hydrogen-bond acceptors (Lipinski definition) is 3. The zero-order valence-corrected chi connectivity index (χ0v) is 18.6. The van der Waals surface area contributed by atoms with Crippen molar-refractivity contribution in [2.45, 2.75) is 21.0 Å². The molecule has 1 fully saturated rings. The highest BCUT2D eigenvalue weighted by Gasteiger charge is 2.85. The summed E-state index contributed by atoms with van der Waals surface area (Å²) in [5.41, 5.74) is 0.380. The smallest absolute Gasteiger partial charge is 0.309 e. The molecule has 2 aliphatic carbocycles. The summed E-state index contributed by atoms with van der Waals surface area (Å²) in [6, 6.07) is 6.46. The van der Waals surface area contributed by atoms with Crippen LogP contribution in [-0.2, 0) is 9.59 Å². The summed E-state index contributed by atoms with van der Waals surface area (Å²) in [6.07, 6.45) is 0. The van der Waals surface area contributed by atoms with Gasteiger partial charge in [-0.05, 0) is 31.2 Å². The number of carboxylic acid groups (broad SMARTS) is 1. The van der Waals surface area contributed by atoms with Gasteiger partial charge in [-0.3, -0.25) is 9.59 Å². The average molecular weight is 508 g/mol. The number of carbonyl (C=O) groups excluding carboxylic acids is 1. The van der Waals surface area contributed by atoms with Gasteiger partial charge in [-0.2, -0.15) is 0 Å². The molecule has 11 heteroatoms. The Labute approximate surface area is 190 Å². The Morgan fingerprint density at radius 3 is 2.00 bits per heavy atom. The van der Waals surface area contributed by atoms with E-state index in [2.05, 4.69) is 5.32 Å². The monoisotopic (exact) mass is 505 g/mol. The Kier molecular flexibility index (Phi) is 5.76. The lowest BCUT2D eigenvalue weighted by Crippen LogP contribution is -2.47. The molecular weight excluding hydrogens is 495 g/mol. The van der Waals surface area contributed by atoms with E-state index in [0.29, 0.717) is 18.0 Å². The van der Waals surface area contributed by atoms with Crippen molar-refractivity contribution in [3.8, 4) is 5.75 Å². The molecule has 4 atom stereocenters. The fraction of sp³-hybridized carbons (Fsp3) is 0.412. The molecule has 3 rings (SSSR count). The standard InChI is InChI=1S/C17H13Cl6NO4/c1-2-28-8-5-3-7(4-6-8)24-13(25)9-10(14(26)27)16(21)12(19)11(18)15(9,20)17(16,22)23/h3-6,9-10H,2H2,1H3,(H,24,25)(H,26,27)/t9-,10-,15-,16-/m0/s1. The summed E-state index contributed by atoms with van der Waals surface area (Å²) in [5, 5.41) is 11.8. The molecule has 0 heterocycles. The summed E-state index contributed by atoms with van der Waals surface area (Å²) in [4.78, 5) is 20.9. The van der Waals surface area contributed by atoms with E-state index in [4.69, 9.17) is 74.3 Å². The molecule has 0 spiro atoms. The Hall–Kier alpha value is -0.560. The van der Waals surface area contributed by atoms with Crippen molar-refractivity contribution in [2.24, 2.45) is 11.8 Å². The topological polar surface area (TPSA) is 75.6 Å². The molecule has 1 saturated carbocycles. The van der Waals surface area contributed by atoms with Crippen LogP contribution in [0.4, 0.5) is 5.69 Å². The number of allylic oxidation sites excluding steroid dienone is 2. The minimum atomic E-state index is -2.14. The van der Waals surface area contributed by atoms with Gasteiger partial charge in [0.1, 0.15) is 15.5 Å². The quantitative estimate of drug-likeness (QED) is 0.538. The summed E-state index contributed by atoms with van der Waals surface area (Å²) in [7, 11) is 0. The van der Waals surface area contributed by atoms with Gasteiger partial charge in [-0.25, -0.2) is 0 Å². The van der Waals surface area contributed by atoms with Crippen LogP contribution >= 0.6 is 69.6 Å². The maximum absolute atomic E-state index is 13.0. The molecular formula is C17H13Cl6NO4. The van der Waals surface area contributed by atoms with Crippen LogP contribution < -0.4 is 10.1 Å². The van der Waals surface area contributed by atoms with Crippen molar-refractivity contribution in [1.29, 1.82) is 0 Å². The number of ether oxygens (including phenoxy) is 1. The van der Waals surface area contributed by atoms with E-state index in [1.54, 1.807) is 24.3 Å². The number of anilines is 1. The normalized spacial score (nSPS) is 33.1. The van der Waals surface area contributed by atoms with Gasteiger partial charge in [0, 0.05) is 5.69 Å². The molecule has 1 aromatic rings. The van der Waals surface area contributed by atoms with Gasteiger partial charge in [-0.1, -0.05) is 46.4 Å². The molecule has 0 radical (unpaired) electrons. The molecule has 1 aromatic carbocycles. The number of halogens is 6. The summed E-state index contributed by atoms with van der Waals surface area (Å²) in [6.45, 7) is 2.32. The van der Waals surface area contributed by atoms with Gasteiger partial charge in [0.25, 0.3) is 0 Å². The number of carbonyl (C=O) groups is 2. The zero-order chi connectivity index (χ0) is 21.1. The lowest BCUT2D eigenvalue weighted by Gasteiger charge is -2.33. The highest BCUT2D eigenvalue weighted by Crippen LogP contribution is 2.76. The minimum Gasteiger partial charge on any atom is -0.494 e. The predicted octanol–water partition coefficient (Wildman–Crippen LogP) is 5.19. The van der Waals surface area contributed by atoms with Crippen LogP contribution in [0.5, 0.6) is 5.75 Å². The highest BCUT2D eigenvalue weighted by molar-refractivity contribution is 6.66. The van der Waals surface area contributed by atoms with E-state index in [1.165, 1.54) is 0 Å². The number of alkyl halides is 4. The van der Waals surface area contributed by atoms with Gasteiger partial charge < -0.3 is 15.2 Å². The first kappa shape index (κ1) is 22.1. The van der Waals surface area contributed by atoms with Crippen LogP contribution in [0.25, 0.3) is 0 Å². The Morgan fingerprint density at radius 1 is 1.04 bits per heavy atom. The fourth-order valence-corrected chi connectivity index (χ4v) is 6.58. The number of aliphatic carboxylic acids is 1. The van der Waals surface area contributed by atoms with E-state index in [9.17, 15) is 14.7 Å². The molecule has 2 aliphatic rings. The number of benzene rings is 1. The molecule has 0 saturated heterocycles. The number of nitrogens with one attached hydrogen (secondary N) is 1. The molecule has 152 valence electrons. The van der Waals surface area contributed by atoms with Crippen molar-refractivity contribution in [1.82, 2.24) is 0 Å². The summed E-state index contributed by atoms with van der Waals surface area (Å²) < 4.78 is 3.20. The average Bonchev–Trinajstić information content (AvgIpc) is 2.83. The van der Waals surface area contributed by atoms with E-state index in [0.717, 1.165) is 0 Å².